The van der Waals surface area contributed by atoms with E-state index in [9.17, 15) is 4.79 Å². The fraction of sp³-hybridized carbons (Fsp3) is 0.500. The number of carbonyl (C=O) groups excluding carboxylic acids is 1. The number of halogens is 1. The second-order valence-electron chi connectivity index (χ2n) is 3.14. The number of rotatable bonds is 1. The van der Waals surface area contributed by atoms with Crippen LogP contribution in [0.2, 0.25) is 4.34 Å². The Morgan fingerprint density at radius 2 is 2.33 bits per heavy atom. The highest BCUT2D eigenvalue weighted by Crippen LogP contribution is 2.22. The molecule has 1 saturated heterocycles. The van der Waals surface area contributed by atoms with Gasteiger partial charge in [-0.3, -0.25) is 5.32 Å². The molecule has 0 unspecified atom stereocenters. The second-order valence-corrected chi connectivity index (χ2v) is 4.80. The summed E-state index contributed by atoms with van der Waals surface area (Å²) in [6.07, 6.45) is 1.53. The molecule has 1 aliphatic heterocycles. The van der Waals surface area contributed by atoms with Crippen LogP contribution in [0.4, 0.5) is 9.93 Å². The van der Waals surface area contributed by atoms with E-state index in [0.29, 0.717) is 9.47 Å². The quantitative estimate of drug-likeness (QED) is 0.784. The van der Waals surface area contributed by atoms with E-state index in [1.165, 1.54) is 17.5 Å². The number of aromatic nitrogens is 1. The normalized spacial score (nSPS) is 16.5. The molecule has 1 fully saturated rings. The molecule has 15 heavy (non-hydrogen) atoms. The third-order valence-electron chi connectivity index (χ3n) is 2.10. The number of carbonyl (C=O) groups is 1. The van der Waals surface area contributed by atoms with Crippen LogP contribution in [-0.4, -0.2) is 42.1 Å². The van der Waals surface area contributed by atoms with Gasteiger partial charge in [-0.05, 0) is 0 Å². The number of hydrogen-bond donors (Lipinski definition) is 2. The smallest absolute Gasteiger partial charge is 0.322 e. The molecule has 1 aromatic heterocycles. The van der Waals surface area contributed by atoms with Crippen LogP contribution in [0.3, 0.4) is 0 Å². The van der Waals surface area contributed by atoms with Gasteiger partial charge in [0.1, 0.15) is 4.34 Å². The molecule has 7 heteroatoms. The molecule has 2 N–H and O–H groups in total. The van der Waals surface area contributed by atoms with Crippen molar-refractivity contribution in [1.29, 1.82) is 0 Å². The zero-order valence-corrected chi connectivity index (χ0v) is 9.57. The summed E-state index contributed by atoms with van der Waals surface area (Å²) >= 11 is 6.97. The minimum Gasteiger partial charge on any atom is -0.322 e. The van der Waals surface area contributed by atoms with Crippen molar-refractivity contribution in [3.8, 4) is 0 Å². The van der Waals surface area contributed by atoms with Crippen molar-refractivity contribution in [3.63, 3.8) is 0 Å². The van der Waals surface area contributed by atoms with Crippen LogP contribution >= 0.6 is 22.9 Å². The van der Waals surface area contributed by atoms with Crippen molar-refractivity contribution in [2.24, 2.45) is 0 Å². The average Bonchev–Trinajstić information content (AvgIpc) is 2.65. The van der Waals surface area contributed by atoms with Crippen molar-refractivity contribution in [2.45, 2.75) is 0 Å². The highest BCUT2D eigenvalue weighted by Gasteiger charge is 2.16. The topological polar surface area (TPSA) is 57.3 Å². The van der Waals surface area contributed by atoms with E-state index in [4.69, 9.17) is 11.6 Å². The lowest BCUT2D eigenvalue weighted by molar-refractivity contribution is 0.204. The summed E-state index contributed by atoms with van der Waals surface area (Å²) < 4.78 is 0.575. The summed E-state index contributed by atoms with van der Waals surface area (Å²) in [6.45, 7) is 3.13. The molecule has 0 spiro atoms. The van der Waals surface area contributed by atoms with Gasteiger partial charge in [-0.15, -0.1) is 0 Å². The van der Waals surface area contributed by atoms with Gasteiger partial charge < -0.3 is 10.2 Å². The molecule has 2 heterocycles. The summed E-state index contributed by atoms with van der Waals surface area (Å²) in [5, 5.41) is 6.44. The molecule has 2 rings (SSSR count). The molecular formula is C8H11ClN4OS. The van der Waals surface area contributed by atoms with Crippen LogP contribution in [0, 0.1) is 0 Å². The van der Waals surface area contributed by atoms with Crippen LogP contribution in [0.1, 0.15) is 0 Å². The van der Waals surface area contributed by atoms with Gasteiger partial charge in [0.05, 0.1) is 6.20 Å². The Bertz CT molecular complexity index is 350. The molecule has 5 nitrogen and oxygen atoms in total. The van der Waals surface area contributed by atoms with Crippen LogP contribution in [0.5, 0.6) is 0 Å². The Morgan fingerprint density at radius 3 is 2.93 bits per heavy atom. The van der Waals surface area contributed by atoms with Gasteiger partial charge in [0.2, 0.25) is 0 Å². The van der Waals surface area contributed by atoms with E-state index in [-0.39, 0.29) is 6.03 Å². The lowest BCUT2D eigenvalue weighted by atomic mass is 10.4. The van der Waals surface area contributed by atoms with Crippen LogP contribution < -0.4 is 10.6 Å². The van der Waals surface area contributed by atoms with E-state index in [1.807, 2.05) is 0 Å². The number of amides is 2. The number of thiazole rings is 1. The first kappa shape index (κ1) is 10.7. The Labute approximate surface area is 96.4 Å². The van der Waals surface area contributed by atoms with Crippen molar-refractivity contribution >= 4 is 34.1 Å². The molecule has 0 radical (unpaired) electrons. The zero-order chi connectivity index (χ0) is 10.7. The summed E-state index contributed by atoms with van der Waals surface area (Å²) in [4.78, 5) is 17.4. The Balaban J connectivity index is 1.91. The van der Waals surface area contributed by atoms with Crippen LogP contribution in [0.25, 0.3) is 0 Å². The first-order valence-corrected chi connectivity index (χ1v) is 5.83. The Kier molecular flexibility index (Phi) is 3.40. The van der Waals surface area contributed by atoms with E-state index in [0.717, 1.165) is 26.2 Å². The summed E-state index contributed by atoms with van der Waals surface area (Å²) in [5.74, 6) is 0. The molecule has 1 aliphatic rings. The predicted octanol–water partition coefficient (Wildman–Crippen LogP) is 1.23. The second kappa shape index (κ2) is 4.78. The van der Waals surface area contributed by atoms with Crippen molar-refractivity contribution < 1.29 is 4.79 Å². The van der Waals surface area contributed by atoms with E-state index < -0.39 is 0 Å². The monoisotopic (exact) mass is 246 g/mol. The largest absolute Gasteiger partial charge is 0.323 e. The molecule has 0 aliphatic carbocycles. The SMILES string of the molecule is O=C(Nc1ncc(Cl)s1)N1CCNCC1. The fourth-order valence-corrected chi connectivity index (χ4v) is 2.15. The lowest BCUT2D eigenvalue weighted by Gasteiger charge is -2.26. The Hall–Kier alpha value is -0.850. The van der Waals surface area contributed by atoms with Crippen molar-refractivity contribution in [1.82, 2.24) is 15.2 Å². The number of nitrogens with zero attached hydrogens (tertiary/aromatic N) is 2. The molecule has 1 aromatic rings. The standard InChI is InChI=1S/C8H11ClN4OS/c9-6-5-11-7(15-6)12-8(14)13-3-1-10-2-4-13/h5,10H,1-4H2,(H,11,12,14). The van der Waals surface area contributed by atoms with E-state index >= 15 is 0 Å². The average molecular weight is 247 g/mol. The number of anilines is 1. The van der Waals surface area contributed by atoms with Gasteiger partial charge in [0.25, 0.3) is 0 Å². The zero-order valence-electron chi connectivity index (χ0n) is 7.99. The van der Waals surface area contributed by atoms with E-state index in [2.05, 4.69) is 15.6 Å². The number of hydrogen-bond acceptors (Lipinski definition) is 4. The highest BCUT2D eigenvalue weighted by molar-refractivity contribution is 7.19. The number of urea groups is 1. The minimum absolute atomic E-state index is 0.109. The van der Waals surface area contributed by atoms with Crippen LogP contribution in [0.15, 0.2) is 6.20 Å². The molecular weight excluding hydrogens is 236 g/mol. The summed E-state index contributed by atoms with van der Waals surface area (Å²) in [7, 11) is 0. The number of nitrogens with one attached hydrogen (secondary N) is 2. The molecule has 0 atom stereocenters. The van der Waals surface area contributed by atoms with Gasteiger partial charge >= 0.3 is 6.03 Å². The van der Waals surface area contributed by atoms with Gasteiger partial charge in [-0.1, -0.05) is 22.9 Å². The molecule has 0 saturated carbocycles. The molecule has 82 valence electrons. The molecule has 0 bridgehead atoms. The van der Waals surface area contributed by atoms with Crippen molar-refractivity contribution in [2.75, 3.05) is 31.5 Å². The highest BCUT2D eigenvalue weighted by atomic mass is 35.5. The fourth-order valence-electron chi connectivity index (χ4n) is 1.35. The van der Waals surface area contributed by atoms with Crippen molar-refractivity contribution in [3.05, 3.63) is 10.5 Å². The molecule has 2 amide bonds. The lowest BCUT2D eigenvalue weighted by Crippen LogP contribution is -2.48. The minimum atomic E-state index is -0.109. The number of piperazine rings is 1. The Morgan fingerprint density at radius 1 is 1.60 bits per heavy atom. The maximum absolute atomic E-state index is 11.7. The maximum Gasteiger partial charge on any atom is 0.323 e. The summed E-state index contributed by atoms with van der Waals surface area (Å²) in [5.41, 5.74) is 0. The third kappa shape index (κ3) is 2.80. The first-order valence-electron chi connectivity index (χ1n) is 4.64. The first-order chi connectivity index (χ1) is 7.25. The van der Waals surface area contributed by atoms with Crippen LogP contribution in [-0.2, 0) is 0 Å². The van der Waals surface area contributed by atoms with Gasteiger partial charge in [-0.25, -0.2) is 9.78 Å². The summed E-state index contributed by atoms with van der Waals surface area (Å²) in [6, 6.07) is -0.109. The van der Waals surface area contributed by atoms with Gasteiger partial charge in [-0.2, -0.15) is 0 Å². The third-order valence-corrected chi connectivity index (χ3v) is 3.13. The van der Waals surface area contributed by atoms with Gasteiger partial charge in [0.15, 0.2) is 5.13 Å². The van der Waals surface area contributed by atoms with E-state index in [1.54, 1.807) is 4.90 Å². The maximum atomic E-state index is 11.7. The predicted molar refractivity (Wildman–Crippen MR) is 60.6 cm³/mol. The van der Waals surface area contributed by atoms with Gasteiger partial charge in [0, 0.05) is 26.2 Å². The molecule has 0 aromatic carbocycles.